The highest BCUT2D eigenvalue weighted by atomic mass is 16.7. The molecule has 0 bridgehead atoms. The highest BCUT2D eigenvalue weighted by molar-refractivity contribution is 5.44. The molecule has 5 heteroatoms. The van der Waals surface area contributed by atoms with Crippen molar-refractivity contribution >= 4 is 6.41 Å². The van der Waals surface area contributed by atoms with Gasteiger partial charge in [0.1, 0.15) is 0 Å². The van der Waals surface area contributed by atoms with Gasteiger partial charge in [-0.25, -0.2) is 10.0 Å². The monoisotopic (exact) mass is 267 g/mol. The summed E-state index contributed by atoms with van der Waals surface area (Å²) >= 11 is 0. The zero-order chi connectivity index (χ0) is 14.1. The molecule has 1 amide bonds. The van der Waals surface area contributed by atoms with Crippen LogP contribution in [0.15, 0.2) is 18.7 Å². The quantitative estimate of drug-likeness (QED) is 0.392. The SMILES string of the molecule is CC(C)(C)ON(C=O)CCCCCCn1ccnc1. The van der Waals surface area contributed by atoms with Crippen LogP contribution in [0.4, 0.5) is 0 Å². The van der Waals surface area contributed by atoms with Crippen LogP contribution in [-0.4, -0.2) is 33.2 Å². The first kappa shape index (κ1) is 15.7. The molecular formula is C14H25N3O2. The summed E-state index contributed by atoms with van der Waals surface area (Å²) in [5.74, 6) is 0. The maximum Gasteiger partial charge on any atom is 0.233 e. The predicted octanol–water partition coefficient (Wildman–Crippen LogP) is 2.63. The fourth-order valence-electron chi connectivity index (χ4n) is 1.81. The number of aryl methyl sites for hydroxylation is 1. The molecule has 0 aliphatic carbocycles. The van der Waals surface area contributed by atoms with E-state index in [0.29, 0.717) is 6.54 Å². The van der Waals surface area contributed by atoms with E-state index in [-0.39, 0.29) is 5.60 Å². The van der Waals surface area contributed by atoms with Crippen LogP contribution in [-0.2, 0) is 16.2 Å². The maximum atomic E-state index is 10.8. The van der Waals surface area contributed by atoms with Gasteiger partial charge >= 0.3 is 0 Å². The third-order valence-corrected chi connectivity index (χ3v) is 2.61. The average Bonchev–Trinajstić information content (AvgIpc) is 2.83. The topological polar surface area (TPSA) is 47.4 Å². The summed E-state index contributed by atoms with van der Waals surface area (Å²) in [6.07, 6.45) is 10.7. The van der Waals surface area contributed by atoms with Crippen molar-refractivity contribution in [1.82, 2.24) is 14.6 Å². The van der Waals surface area contributed by atoms with Gasteiger partial charge in [-0.3, -0.25) is 9.63 Å². The lowest BCUT2D eigenvalue weighted by Gasteiger charge is -2.26. The van der Waals surface area contributed by atoms with Crippen LogP contribution in [0.25, 0.3) is 0 Å². The Balaban J connectivity index is 2.04. The van der Waals surface area contributed by atoms with Crippen molar-refractivity contribution in [3.63, 3.8) is 0 Å². The molecule has 19 heavy (non-hydrogen) atoms. The highest BCUT2D eigenvalue weighted by Crippen LogP contribution is 2.10. The first-order valence-corrected chi connectivity index (χ1v) is 6.88. The van der Waals surface area contributed by atoms with E-state index in [0.717, 1.165) is 38.6 Å². The summed E-state index contributed by atoms with van der Waals surface area (Å²) < 4.78 is 2.08. The first-order valence-electron chi connectivity index (χ1n) is 6.88. The second-order valence-electron chi connectivity index (χ2n) is 5.66. The number of aromatic nitrogens is 2. The maximum absolute atomic E-state index is 10.8. The summed E-state index contributed by atoms with van der Waals surface area (Å²) in [6.45, 7) is 7.49. The Kier molecular flexibility index (Phi) is 6.56. The molecule has 0 saturated heterocycles. The largest absolute Gasteiger partial charge is 0.337 e. The van der Waals surface area contributed by atoms with Crippen LogP contribution in [0, 0.1) is 0 Å². The number of carbonyl (C=O) groups excluding carboxylic acids is 1. The van der Waals surface area contributed by atoms with Gasteiger partial charge < -0.3 is 4.57 Å². The molecule has 108 valence electrons. The van der Waals surface area contributed by atoms with Gasteiger partial charge in [-0.05, 0) is 33.6 Å². The van der Waals surface area contributed by atoms with Crippen molar-refractivity contribution in [2.45, 2.75) is 58.6 Å². The molecule has 5 nitrogen and oxygen atoms in total. The van der Waals surface area contributed by atoms with Crippen molar-refractivity contribution in [2.75, 3.05) is 6.54 Å². The zero-order valence-electron chi connectivity index (χ0n) is 12.2. The van der Waals surface area contributed by atoms with Crippen molar-refractivity contribution in [2.24, 2.45) is 0 Å². The predicted molar refractivity (Wildman–Crippen MR) is 74.3 cm³/mol. The Labute approximate surface area is 115 Å². The summed E-state index contributed by atoms with van der Waals surface area (Å²) in [5, 5.41) is 1.40. The van der Waals surface area contributed by atoms with Crippen molar-refractivity contribution in [3.05, 3.63) is 18.7 Å². The molecule has 0 aromatic carbocycles. The molecule has 0 radical (unpaired) electrons. The molecule has 1 heterocycles. The number of rotatable bonds is 9. The number of imidazole rings is 1. The molecule has 0 saturated carbocycles. The van der Waals surface area contributed by atoms with Crippen LogP contribution < -0.4 is 0 Å². The van der Waals surface area contributed by atoms with Gasteiger partial charge in [-0.1, -0.05) is 12.8 Å². The number of hydroxylamine groups is 2. The van der Waals surface area contributed by atoms with E-state index >= 15 is 0 Å². The van der Waals surface area contributed by atoms with Crippen LogP contribution in [0.1, 0.15) is 46.5 Å². The molecule has 0 atom stereocenters. The fourth-order valence-corrected chi connectivity index (χ4v) is 1.81. The average molecular weight is 267 g/mol. The second kappa shape index (κ2) is 7.94. The van der Waals surface area contributed by atoms with Crippen LogP contribution in [0.2, 0.25) is 0 Å². The van der Waals surface area contributed by atoms with E-state index in [2.05, 4.69) is 9.55 Å². The standard InChI is InChI=1S/C14H25N3O2/c1-14(2,3)19-17(13-18)10-7-5-4-6-9-16-11-8-15-12-16/h8,11-13H,4-7,9-10H2,1-3H3. The molecule has 0 N–H and O–H groups in total. The van der Waals surface area contributed by atoms with Gasteiger partial charge in [-0.15, -0.1) is 0 Å². The van der Waals surface area contributed by atoms with Gasteiger partial charge in [0.2, 0.25) is 6.41 Å². The van der Waals surface area contributed by atoms with Crippen LogP contribution in [0.5, 0.6) is 0 Å². The fraction of sp³-hybridized carbons (Fsp3) is 0.714. The minimum atomic E-state index is -0.317. The Morgan fingerprint density at radius 1 is 1.26 bits per heavy atom. The molecule has 1 rings (SSSR count). The minimum absolute atomic E-state index is 0.317. The Morgan fingerprint density at radius 3 is 2.58 bits per heavy atom. The lowest BCUT2D eigenvalue weighted by molar-refractivity contribution is -0.216. The second-order valence-corrected chi connectivity index (χ2v) is 5.66. The normalized spacial score (nSPS) is 11.5. The molecule has 0 fully saturated rings. The van der Waals surface area contributed by atoms with Gasteiger partial charge in [0.25, 0.3) is 0 Å². The summed E-state index contributed by atoms with van der Waals surface area (Å²) in [4.78, 5) is 20.4. The Hall–Kier alpha value is -1.36. The van der Waals surface area contributed by atoms with E-state index in [1.807, 2.05) is 33.3 Å². The van der Waals surface area contributed by atoms with E-state index in [1.165, 1.54) is 5.06 Å². The number of nitrogens with zero attached hydrogens (tertiary/aromatic N) is 3. The third kappa shape index (κ3) is 7.62. The molecule has 1 aromatic rings. The summed E-state index contributed by atoms with van der Waals surface area (Å²) in [5.41, 5.74) is -0.317. The third-order valence-electron chi connectivity index (χ3n) is 2.61. The number of amides is 1. The van der Waals surface area contributed by atoms with Crippen molar-refractivity contribution in [3.8, 4) is 0 Å². The molecule has 0 aliphatic heterocycles. The van der Waals surface area contributed by atoms with Gasteiger partial charge in [0.05, 0.1) is 11.9 Å². The first-order chi connectivity index (χ1) is 9.01. The summed E-state index contributed by atoms with van der Waals surface area (Å²) in [6, 6.07) is 0. The van der Waals surface area contributed by atoms with Gasteiger partial charge in [0, 0.05) is 25.5 Å². The van der Waals surface area contributed by atoms with E-state index in [9.17, 15) is 4.79 Å². The van der Waals surface area contributed by atoms with E-state index < -0.39 is 0 Å². The molecule has 0 spiro atoms. The minimum Gasteiger partial charge on any atom is -0.337 e. The highest BCUT2D eigenvalue weighted by Gasteiger charge is 2.15. The molecule has 1 aromatic heterocycles. The van der Waals surface area contributed by atoms with E-state index in [1.54, 1.807) is 6.20 Å². The zero-order valence-corrected chi connectivity index (χ0v) is 12.2. The Morgan fingerprint density at radius 2 is 2.00 bits per heavy atom. The molecule has 0 aliphatic rings. The number of hydrogen-bond acceptors (Lipinski definition) is 3. The lowest BCUT2D eigenvalue weighted by Crippen LogP contribution is -2.33. The summed E-state index contributed by atoms with van der Waals surface area (Å²) in [7, 11) is 0. The van der Waals surface area contributed by atoms with Gasteiger partial charge in [0.15, 0.2) is 0 Å². The lowest BCUT2D eigenvalue weighted by atomic mass is 10.2. The van der Waals surface area contributed by atoms with E-state index in [4.69, 9.17) is 4.84 Å². The smallest absolute Gasteiger partial charge is 0.233 e. The van der Waals surface area contributed by atoms with Crippen molar-refractivity contribution < 1.29 is 9.63 Å². The van der Waals surface area contributed by atoms with Crippen LogP contribution >= 0.6 is 0 Å². The van der Waals surface area contributed by atoms with Crippen LogP contribution in [0.3, 0.4) is 0 Å². The Bertz CT molecular complexity index is 344. The number of hydrogen-bond donors (Lipinski definition) is 0. The number of unbranched alkanes of at least 4 members (excludes halogenated alkanes) is 3. The number of carbonyl (C=O) groups is 1. The molecule has 0 unspecified atom stereocenters. The van der Waals surface area contributed by atoms with Crippen molar-refractivity contribution in [1.29, 1.82) is 0 Å². The molecular weight excluding hydrogens is 242 g/mol. The van der Waals surface area contributed by atoms with Gasteiger partial charge in [-0.2, -0.15) is 0 Å².